The average molecular weight is 185 g/mol. The second kappa shape index (κ2) is 8.09. The van der Waals surface area contributed by atoms with E-state index >= 15 is 0 Å². The van der Waals surface area contributed by atoms with Gasteiger partial charge in [-0.25, -0.2) is 0 Å². The topological polar surface area (TPSA) is 43.1 Å². The van der Waals surface area contributed by atoms with Crippen LogP contribution in [0, 0.1) is 5.92 Å². The molecule has 0 aliphatic carbocycles. The maximum Gasteiger partial charge on any atom is 0.217 e. The standard InChI is InChI=1S/C11H23NO/c1-3-5-7-10(6-4-2)8-9-11(12)13/h10H,3-9H2,1-2H3,(H2,12,13). The van der Waals surface area contributed by atoms with Crippen molar-refractivity contribution in [2.45, 2.75) is 58.8 Å². The first-order valence-corrected chi connectivity index (χ1v) is 5.49. The number of primary amides is 1. The van der Waals surface area contributed by atoms with Crippen LogP contribution in [0.25, 0.3) is 0 Å². The van der Waals surface area contributed by atoms with Crippen LogP contribution in [0.4, 0.5) is 0 Å². The number of unbranched alkanes of at least 4 members (excludes halogenated alkanes) is 1. The van der Waals surface area contributed by atoms with Crippen LogP contribution in [-0.4, -0.2) is 5.91 Å². The van der Waals surface area contributed by atoms with E-state index in [0.717, 1.165) is 12.3 Å². The number of carbonyl (C=O) groups excluding carboxylic acids is 1. The molecule has 0 radical (unpaired) electrons. The van der Waals surface area contributed by atoms with Crippen LogP contribution in [-0.2, 0) is 4.79 Å². The number of nitrogens with two attached hydrogens (primary N) is 1. The monoisotopic (exact) mass is 185 g/mol. The Labute approximate surface area is 81.9 Å². The molecule has 1 atom stereocenters. The Hall–Kier alpha value is -0.530. The molecule has 0 aliphatic rings. The minimum atomic E-state index is -0.155. The lowest BCUT2D eigenvalue weighted by Crippen LogP contribution is -2.12. The highest BCUT2D eigenvalue weighted by Crippen LogP contribution is 2.19. The lowest BCUT2D eigenvalue weighted by Gasteiger charge is -2.14. The lowest BCUT2D eigenvalue weighted by molar-refractivity contribution is -0.118. The van der Waals surface area contributed by atoms with Gasteiger partial charge in [-0.05, 0) is 12.3 Å². The van der Waals surface area contributed by atoms with Gasteiger partial charge in [0.2, 0.25) is 5.91 Å². The zero-order valence-electron chi connectivity index (χ0n) is 9.01. The van der Waals surface area contributed by atoms with Crippen molar-refractivity contribution in [1.29, 1.82) is 0 Å². The largest absolute Gasteiger partial charge is 0.370 e. The molecule has 0 aliphatic heterocycles. The molecular weight excluding hydrogens is 162 g/mol. The first kappa shape index (κ1) is 12.5. The number of hydrogen-bond donors (Lipinski definition) is 1. The van der Waals surface area contributed by atoms with Gasteiger partial charge >= 0.3 is 0 Å². The van der Waals surface area contributed by atoms with Gasteiger partial charge < -0.3 is 5.73 Å². The molecule has 78 valence electrons. The normalized spacial score (nSPS) is 12.8. The summed E-state index contributed by atoms with van der Waals surface area (Å²) in [6.45, 7) is 4.40. The van der Waals surface area contributed by atoms with Gasteiger partial charge in [0.25, 0.3) is 0 Å². The van der Waals surface area contributed by atoms with E-state index in [9.17, 15) is 4.79 Å². The van der Waals surface area contributed by atoms with E-state index in [1.165, 1.54) is 32.1 Å². The van der Waals surface area contributed by atoms with Crippen LogP contribution in [0.3, 0.4) is 0 Å². The first-order valence-electron chi connectivity index (χ1n) is 5.49. The van der Waals surface area contributed by atoms with E-state index in [1.807, 2.05) is 0 Å². The van der Waals surface area contributed by atoms with Crippen molar-refractivity contribution in [3.8, 4) is 0 Å². The Morgan fingerprint density at radius 2 is 1.85 bits per heavy atom. The summed E-state index contributed by atoms with van der Waals surface area (Å²) in [7, 11) is 0. The maximum atomic E-state index is 10.6. The van der Waals surface area contributed by atoms with Gasteiger partial charge in [0.15, 0.2) is 0 Å². The Bertz CT molecular complexity index is 134. The smallest absolute Gasteiger partial charge is 0.217 e. The summed E-state index contributed by atoms with van der Waals surface area (Å²) in [5.74, 6) is 0.565. The molecule has 1 unspecified atom stereocenters. The SMILES string of the molecule is CCCCC(CCC)CCC(N)=O. The quantitative estimate of drug-likeness (QED) is 0.621. The first-order chi connectivity index (χ1) is 6.20. The number of rotatable bonds is 8. The van der Waals surface area contributed by atoms with E-state index in [4.69, 9.17) is 5.73 Å². The summed E-state index contributed by atoms with van der Waals surface area (Å²) >= 11 is 0. The molecule has 0 aromatic carbocycles. The van der Waals surface area contributed by atoms with Crippen LogP contribution in [0.1, 0.15) is 58.8 Å². The fourth-order valence-electron chi connectivity index (χ4n) is 1.68. The molecule has 0 aromatic heterocycles. The summed E-state index contributed by atoms with van der Waals surface area (Å²) in [5.41, 5.74) is 5.13. The molecule has 0 aromatic rings. The van der Waals surface area contributed by atoms with Gasteiger partial charge in [-0.2, -0.15) is 0 Å². The Morgan fingerprint density at radius 3 is 2.31 bits per heavy atom. The number of amides is 1. The van der Waals surface area contributed by atoms with Crippen LogP contribution in [0.2, 0.25) is 0 Å². The van der Waals surface area contributed by atoms with E-state index in [-0.39, 0.29) is 5.91 Å². The Balaban J connectivity index is 3.59. The van der Waals surface area contributed by atoms with Crippen LogP contribution in [0.5, 0.6) is 0 Å². The van der Waals surface area contributed by atoms with Crippen molar-refractivity contribution in [1.82, 2.24) is 0 Å². The minimum Gasteiger partial charge on any atom is -0.370 e. The maximum absolute atomic E-state index is 10.6. The van der Waals surface area contributed by atoms with Crippen LogP contribution < -0.4 is 5.73 Å². The zero-order valence-corrected chi connectivity index (χ0v) is 9.01. The third kappa shape index (κ3) is 7.82. The Kier molecular flexibility index (Phi) is 7.76. The molecule has 2 N–H and O–H groups in total. The molecule has 0 rings (SSSR count). The summed E-state index contributed by atoms with van der Waals surface area (Å²) in [5, 5.41) is 0. The molecule has 0 bridgehead atoms. The summed E-state index contributed by atoms with van der Waals surface area (Å²) in [4.78, 5) is 10.6. The van der Waals surface area contributed by atoms with Gasteiger partial charge in [-0.15, -0.1) is 0 Å². The highest BCUT2D eigenvalue weighted by molar-refractivity contribution is 5.73. The van der Waals surface area contributed by atoms with Crippen molar-refractivity contribution < 1.29 is 4.79 Å². The molecule has 0 fully saturated rings. The fourth-order valence-corrected chi connectivity index (χ4v) is 1.68. The molecule has 0 saturated heterocycles. The Morgan fingerprint density at radius 1 is 1.15 bits per heavy atom. The molecule has 0 saturated carbocycles. The van der Waals surface area contributed by atoms with E-state index in [0.29, 0.717) is 6.42 Å². The van der Waals surface area contributed by atoms with Crippen molar-refractivity contribution in [3.05, 3.63) is 0 Å². The predicted octanol–water partition coefficient (Wildman–Crippen LogP) is 2.86. The van der Waals surface area contributed by atoms with Crippen LogP contribution >= 0.6 is 0 Å². The highest BCUT2D eigenvalue weighted by Gasteiger charge is 2.08. The molecule has 2 heteroatoms. The van der Waals surface area contributed by atoms with Gasteiger partial charge in [-0.3, -0.25) is 4.79 Å². The summed E-state index contributed by atoms with van der Waals surface area (Å²) in [6, 6.07) is 0. The van der Waals surface area contributed by atoms with Crippen molar-refractivity contribution in [2.24, 2.45) is 11.7 Å². The molecule has 13 heavy (non-hydrogen) atoms. The molecular formula is C11H23NO. The van der Waals surface area contributed by atoms with Gasteiger partial charge in [0.05, 0.1) is 0 Å². The second-order valence-electron chi connectivity index (χ2n) is 3.80. The van der Waals surface area contributed by atoms with Crippen molar-refractivity contribution in [2.75, 3.05) is 0 Å². The van der Waals surface area contributed by atoms with Crippen LogP contribution in [0.15, 0.2) is 0 Å². The minimum absolute atomic E-state index is 0.155. The molecule has 0 heterocycles. The summed E-state index contributed by atoms with van der Waals surface area (Å²) < 4.78 is 0. The fraction of sp³-hybridized carbons (Fsp3) is 0.909. The third-order valence-electron chi connectivity index (χ3n) is 2.46. The van der Waals surface area contributed by atoms with E-state index < -0.39 is 0 Å². The van der Waals surface area contributed by atoms with Gasteiger partial charge in [0.1, 0.15) is 0 Å². The second-order valence-corrected chi connectivity index (χ2v) is 3.80. The highest BCUT2D eigenvalue weighted by atomic mass is 16.1. The molecule has 0 spiro atoms. The average Bonchev–Trinajstić information content (AvgIpc) is 2.09. The zero-order chi connectivity index (χ0) is 10.1. The van der Waals surface area contributed by atoms with Crippen molar-refractivity contribution in [3.63, 3.8) is 0 Å². The molecule has 1 amide bonds. The molecule has 2 nitrogen and oxygen atoms in total. The number of carbonyl (C=O) groups is 1. The number of hydrogen-bond acceptors (Lipinski definition) is 1. The lowest BCUT2D eigenvalue weighted by atomic mass is 9.92. The predicted molar refractivity (Wildman–Crippen MR) is 56.4 cm³/mol. The van der Waals surface area contributed by atoms with Gasteiger partial charge in [0, 0.05) is 6.42 Å². The van der Waals surface area contributed by atoms with Gasteiger partial charge in [-0.1, -0.05) is 46.0 Å². The van der Waals surface area contributed by atoms with E-state index in [2.05, 4.69) is 13.8 Å². The third-order valence-corrected chi connectivity index (χ3v) is 2.46. The summed E-state index contributed by atoms with van der Waals surface area (Å²) in [6.07, 6.45) is 7.80. The van der Waals surface area contributed by atoms with E-state index in [1.54, 1.807) is 0 Å². The van der Waals surface area contributed by atoms with Crippen molar-refractivity contribution >= 4 is 5.91 Å².